The van der Waals surface area contributed by atoms with Crippen LogP contribution in [0.25, 0.3) is 0 Å². The van der Waals surface area contributed by atoms with Gasteiger partial charge in [0.05, 0.1) is 6.54 Å². The lowest BCUT2D eigenvalue weighted by Crippen LogP contribution is -2.39. The van der Waals surface area contributed by atoms with Crippen molar-refractivity contribution in [2.24, 2.45) is 5.92 Å². The Morgan fingerprint density at radius 3 is 2.54 bits per heavy atom. The van der Waals surface area contributed by atoms with Gasteiger partial charge in [-0.25, -0.2) is 0 Å². The fraction of sp³-hybridized carbons (Fsp3) is 1.00. The van der Waals surface area contributed by atoms with Gasteiger partial charge in [-0.1, -0.05) is 19.8 Å². The summed E-state index contributed by atoms with van der Waals surface area (Å²) in [5.74, 6) is 0.569. The van der Waals surface area contributed by atoms with E-state index in [0.717, 1.165) is 25.7 Å². The highest BCUT2D eigenvalue weighted by molar-refractivity contribution is 4.76. The van der Waals surface area contributed by atoms with Crippen molar-refractivity contribution in [3.63, 3.8) is 0 Å². The predicted octanol–water partition coefficient (Wildman–Crippen LogP) is 2.72. The Morgan fingerprint density at radius 1 is 1.31 bits per heavy atom. The first kappa shape index (κ1) is 10.8. The summed E-state index contributed by atoms with van der Waals surface area (Å²) in [4.78, 5) is 0. The molecule has 4 heteroatoms. The number of rotatable bonds is 2. The van der Waals surface area contributed by atoms with Gasteiger partial charge >= 0.3 is 6.18 Å². The quantitative estimate of drug-likeness (QED) is 0.714. The average molecular weight is 195 g/mol. The first-order valence-electron chi connectivity index (χ1n) is 4.77. The van der Waals surface area contributed by atoms with Crippen molar-refractivity contribution in [3.05, 3.63) is 0 Å². The molecule has 13 heavy (non-hydrogen) atoms. The Bertz CT molecular complexity index is 155. The summed E-state index contributed by atoms with van der Waals surface area (Å²) in [7, 11) is 0. The Hall–Kier alpha value is -0.250. The fourth-order valence-corrected chi connectivity index (χ4v) is 1.88. The third kappa shape index (κ3) is 4.50. The van der Waals surface area contributed by atoms with Crippen LogP contribution in [0, 0.1) is 5.92 Å². The molecule has 2 unspecified atom stereocenters. The summed E-state index contributed by atoms with van der Waals surface area (Å²) in [6.07, 6.45) is -0.0852. The number of alkyl halides is 3. The van der Waals surface area contributed by atoms with Crippen LogP contribution in [-0.2, 0) is 0 Å². The zero-order valence-electron chi connectivity index (χ0n) is 7.82. The molecule has 78 valence electrons. The minimum Gasteiger partial charge on any atom is -0.306 e. The van der Waals surface area contributed by atoms with Gasteiger partial charge in [-0.05, 0) is 18.8 Å². The third-order valence-corrected chi connectivity index (χ3v) is 2.53. The van der Waals surface area contributed by atoms with E-state index in [9.17, 15) is 13.2 Å². The van der Waals surface area contributed by atoms with Crippen LogP contribution >= 0.6 is 0 Å². The number of hydrogen-bond donors (Lipinski definition) is 1. The van der Waals surface area contributed by atoms with Gasteiger partial charge in [0, 0.05) is 6.04 Å². The molecule has 2 atom stereocenters. The summed E-state index contributed by atoms with van der Waals surface area (Å²) >= 11 is 0. The Balaban J connectivity index is 2.21. The normalized spacial score (nSPS) is 30.5. The van der Waals surface area contributed by atoms with Crippen molar-refractivity contribution >= 4 is 0 Å². The van der Waals surface area contributed by atoms with Gasteiger partial charge in [-0.15, -0.1) is 0 Å². The Kier molecular flexibility index (Phi) is 3.59. The molecule has 1 aliphatic rings. The van der Waals surface area contributed by atoms with Gasteiger partial charge in [-0.3, -0.25) is 0 Å². The Labute approximate surface area is 76.7 Å². The maximum atomic E-state index is 11.8. The predicted molar refractivity (Wildman–Crippen MR) is 45.5 cm³/mol. The van der Waals surface area contributed by atoms with Crippen molar-refractivity contribution in [2.45, 2.75) is 44.8 Å². The molecule has 0 heterocycles. The maximum Gasteiger partial charge on any atom is 0.401 e. The van der Waals surface area contributed by atoms with E-state index in [0.29, 0.717) is 5.92 Å². The molecular weight excluding hydrogens is 179 g/mol. The van der Waals surface area contributed by atoms with E-state index < -0.39 is 12.7 Å². The molecule has 0 spiro atoms. The van der Waals surface area contributed by atoms with Crippen LogP contribution in [0.15, 0.2) is 0 Å². The van der Waals surface area contributed by atoms with Crippen molar-refractivity contribution in [1.82, 2.24) is 5.32 Å². The molecule has 1 rings (SSSR count). The van der Waals surface area contributed by atoms with Crippen LogP contribution in [0.1, 0.15) is 32.6 Å². The van der Waals surface area contributed by atoms with Crippen molar-refractivity contribution in [3.8, 4) is 0 Å². The summed E-state index contributed by atoms with van der Waals surface area (Å²) in [5.41, 5.74) is 0. The molecule has 1 nitrogen and oxygen atoms in total. The highest BCUT2D eigenvalue weighted by atomic mass is 19.4. The third-order valence-electron chi connectivity index (χ3n) is 2.53. The van der Waals surface area contributed by atoms with Crippen molar-refractivity contribution < 1.29 is 13.2 Å². The minimum atomic E-state index is -4.07. The second-order valence-electron chi connectivity index (χ2n) is 3.96. The first-order valence-corrected chi connectivity index (χ1v) is 4.77. The average Bonchev–Trinajstić information content (AvgIpc) is 2.00. The Morgan fingerprint density at radius 2 is 2.00 bits per heavy atom. The van der Waals surface area contributed by atoms with Gasteiger partial charge < -0.3 is 5.32 Å². The number of halogens is 3. The monoisotopic (exact) mass is 195 g/mol. The summed E-state index contributed by atoms with van der Waals surface area (Å²) in [5, 5.41) is 2.57. The summed E-state index contributed by atoms with van der Waals surface area (Å²) < 4.78 is 35.5. The van der Waals surface area contributed by atoms with Crippen LogP contribution in [0.2, 0.25) is 0 Å². The van der Waals surface area contributed by atoms with E-state index in [4.69, 9.17) is 0 Å². The van der Waals surface area contributed by atoms with Gasteiger partial charge in [0.1, 0.15) is 0 Å². The van der Waals surface area contributed by atoms with E-state index in [-0.39, 0.29) is 6.04 Å². The molecule has 1 aliphatic carbocycles. The van der Waals surface area contributed by atoms with Gasteiger partial charge in [0.25, 0.3) is 0 Å². The topological polar surface area (TPSA) is 12.0 Å². The molecule has 0 aromatic carbocycles. The van der Waals surface area contributed by atoms with Crippen LogP contribution in [0.3, 0.4) is 0 Å². The van der Waals surface area contributed by atoms with Gasteiger partial charge in [-0.2, -0.15) is 13.2 Å². The number of nitrogens with one attached hydrogen (secondary N) is 1. The maximum absolute atomic E-state index is 11.8. The zero-order valence-corrected chi connectivity index (χ0v) is 7.82. The summed E-state index contributed by atoms with van der Waals surface area (Å²) in [6.45, 7) is 1.26. The van der Waals surface area contributed by atoms with Crippen LogP contribution in [0.5, 0.6) is 0 Å². The molecule has 0 aromatic heterocycles. The lowest BCUT2D eigenvalue weighted by atomic mass is 9.87. The lowest BCUT2D eigenvalue weighted by molar-refractivity contribution is -0.126. The van der Waals surface area contributed by atoms with Crippen molar-refractivity contribution in [2.75, 3.05) is 6.54 Å². The largest absolute Gasteiger partial charge is 0.401 e. The van der Waals surface area contributed by atoms with Gasteiger partial charge in [0.2, 0.25) is 0 Å². The fourth-order valence-electron chi connectivity index (χ4n) is 1.88. The molecule has 0 aromatic rings. The van der Waals surface area contributed by atoms with E-state index in [1.54, 1.807) is 0 Å². The first-order chi connectivity index (χ1) is 5.97. The molecule has 0 amide bonds. The van der Waals surface area contributed by atoms with Gasteiger partial charge in [0.15, 0.2) is 0 Å². The van der Waals surface area contributed by atoms with E-state index >= 15 is 0 Å². The second kappa shape index (κ2) is 4.31. The lowest BCUT2D eigenvalue weighted by Gasteiger charge is -2.27. The molecule has 0 aliphatic heterocycles. The second-order valence-corrected chi connectivity index (χ2v) is 3.96. The van der Waals surface area contributed by atoms with E-state index in [2.05, 4.69) is 12.2 Å². The number of hydrogen-bond acceptors (Lipinski definition) is 1. The summed E-state index contributed by atoms with van der Waals surface area (Å²) in [6, 6.07) is 0.0744. The molecule has 0 bridgehead atoms. The zero-order chi connectivity index (χ0) is 9.90. The van der Waals surface area contributed by atoms with Crippen LogP contribution in [0.4, 0.5) is 13.2 Å². The van der Waals surface area contributed by atoms with Crippen molar-refractivity contribution in [1.29, 1.82) is 0 Å². The molecule has 0 radical (unpaired) electrons. The molecule has 1 N–H and O–H groups in total. The minimum absolute atomic E-state index is 0.0744. The van der Waals surface area contributed by atoms with E-state index in [1.165, 1.54) is 0 Å². The molecule has 1 fully saturated rings. The SMILES string of the molecule is CC1CCCC(NCC(F)(F)F)C1. The molecule has 1 saturated carbocycles. The van der Waals surface area contributed by atoms with Crippen LogP contribution < -0.4 is 5.32 Å². The highest BCUT2D eigenvalue weighted by Crippen LogP contribution is 2.24. The molecule has 0 saturated heterocycles. The van der Waals surface area contributed by atoms with E-state index in [1.807, 2.05) is 0 Å². The highest BCUT2D eigenvalue weighted by Gasteiger charge is 2.29. The van der Waals surface area contributed by atoms with Crippen LogP contribution in [-0.4, -0.2) is 18.8 Å². The molecular formula is C9H16F3N. The smallest absolute Gasteiger partial charge is 0.306 e. The standard InChI is InChI=1S/C9H16F3N/c1-7-3-2-4-8(5-7)13-6-9(10,11)12/h7-8,13H,2-6H2,1H3.